The van der Waals surface area contributed by atoms with Gasteiger partial charge in [-0.2, -0.15) is 0 Å². The fraction of sp³-hybridized carbons (Fsp3) is 0.600. The van der Waals surface area contributed by atoms with E-state index in [1.807, 2.05) is 6.07 Å². The van der Waals surface area contributed by atoms with Crippen molar-refractivity contribution in [3.8, 4) is 0 Å². The highest BCUT2D eigenvalue weighted by Crippen LogP contribution is 2.52. The molecule has 18 heavy (non-hydrogen) atoms. The number of hydrogen-bond donors (Lipinski definition) is 0. The zero-order chi connectivity index (χ0) is 12.8. The Morgan fingerprint density at radius 1 is 1.39 bits per heavy atom. The minimum Gasteiger partial charge on any atom is -0.472 e. The Morgan fingerprint density at radius 2 is 2.22 bits per heavy atom. The molecule has 3 atom stereocenters. The minimum absolute atomic E-state index is 0.0772. The lowest BCUT2D eigenvalue weighted by atomic mass is 9.95. The summed E-state index contributed by atoms with van der Waals surface area (Å²) in [6.45, 7) is 6.39. The monoisotopic (exact) mass is 248 g/mol. The first kappa shape index (κ1) is 12.0. The molecule has 0 aromatic carbocycles. The van der Waals surface area contributed by atoms with Gasteiger partial charge in [0.1, 0.15) is 0 Å². The van der Waals surface area contributed by atoms with Gasteiger partial charge in [0.25, 0.3) is 0 Å². The van der Waals surface area contributed by atoms with Crippen molar-refractivity contribution in [1.29, 1.82) is 0 Å². The molecule has 3 nitrogen and oxygen atoms in total. The molecule has 0 radical (unpaired) electrons. The second kappa shape index (κ2) is 3.97. The van der Waals surface area contributed by atoms with Crippen LogP contribution in [0.15, 0.2) is 34.7 Å². The molecule has 3 rings (SSSR count). The van der Waals surface area contributed by atoms with Crippen LogP contribution in [0.5, 0.6) is 0 Å². The number of rotatable bonds is 2. The third-order valence-corrected chi connectivity index (χ3v) is 3.85. The first-order valence-electron chi connectivity index (χ1n) is 6.57. The lowest BCUT2D eigenvalue weighted by Gasteiger charge is -2.41. The van der Waals surface area contributed by atoms with E-state index in [0.717, 1.165) is 24.8 Å². The van der Waals surface area contributed by atoms with Gasteiger partial charge in [-0.25, -0.2) is 0 Å². The molecule has 3 heteroatoms. The molecule has 98 valence electrons. The van der Waals surface area contributed by atoms with E-state index in [9.17, 15) is 0 Å². The van der Waals surface area contributed by atoms with Gasteiger partial charge in [-0.05, 0) is 33.3 Å². The van der Waals surface area contributed by atoms with Gasteiger partial charge < -0.3 is 13.9 Å². The summed E-state index contributed by atoms with van der Waals surface area (Å²) in [7, 11) is 0. The van der Waals surface area contributed by atoms with E-state index < -0.39 is 5.79 Å². The van der Waals surface area contributed by atoms with Crippen LogP contribution < -0.4 is 0 Å². The second-order valence-corrected chi connectivity index (χ2v) is 5.92. The minimum atomic E-state index is -0.601. The average Bonchev–Trinajstić information content (AvgIpc) is 2.85. The van der Waals surface area contributed by atoms with Crippen molar-refractivity contribution in [1.82, 2.24) is 0 Å². The molecule has 1 aromatic rings. The van der Waals surface area contributed by atoms with Gasteiger partial charge in [-0.1, -0.05) is 11.6 Å². The Kier molecular flexibility index (Phi) is 2.65. The van der Waals surface area contributed by atoms with E-state index in [-0.39, 0.29) is 11.7 Å². The van der Waals surface area contributed by atoms with Crippen LogP contribution in [0.3, 0.4) is 0 Å². The summed E-state index contributed by atoms with van der Waals surface area (Å²) in [6, 6.07) is 1.94. The topological polar surface area (TPSA) is 31.6 Å². The van der Waals surface area contributed by atoms with Gasteiger partial charge in [0.05, 0.1) is 24.2 Å². The molecule has 0 spiro atoms. The summed E-state index contributed by atoms with van der Waals surface area (Å²) in [4.78, 5) is 0. The molecule has 2 fully saturated rings. The SMILES string of the molecule is CC(C)=C[C@@H]1C[C@]2(C)CC[C@](c3ccoc3)(O1)O2. The Bertz CT molecular complexity index is 458. The maximum atomic E-state index is 6.23. The van der Waals surface area contributed by atoms with Crippen molar-refractivity contribution < 1.29 is 13.9 Å². The summed E-state index contributed by atoms with van der Waals surface area (Å²) in [5.74, 6) is -0.601. The zero-order valence-corrected chi connectivity index (χ0v) is 11.2. The maximum Gasteiger partial charge on any atom is 0.199 e. The number of allylic oxidation sites excluding steroid dienone is 1. The van der Waals surface area contributed by atoms with Gasteiger partial charge in [0, 0.05) is 18.4 Å². The van der Waals surface area contributed by atoms with Gasteiger partial charge >= 0.3 is 0 Å². The fourth-order valence-electron chi connectivity index (χ4n) is 3.08. The Hall–Kier alpha value is -1.06. The molecule has 2 saturated heterocycles. The molecule has 0 unspecified atom stereocenters. The maximum absolute atomic E-state index is 6.23. The van der Waals surface area contributed by atoms with Crippen molar-refractivity contribution in [2.24, 2.45) is 0 Å². The summed E-state index contributed by atoms with van der Waals surface area (Å²) in [5.41, 5.74) is 2.21. The molecule has 2 bridgehead atoms. The van der Waals surface area contributed by atoms with E-state index in [2.05, 4.69) is 26.8 Å². The van der Waals surface area contributed by atoms with Crippen molar-refractivity contribution >= 4 is 0 Å². The summed E-state index contributed by atoms with van der Waals surface area (Å²) in [6.07, 6.45) is 8.60. The normalized spacial score (nSPS) is 38.7. The largest absolute Gasteiger partial charge is 0.472 e. The number of hydrogen-bond acceptors (Lipinski definition) is 3. The first-order chi connectivity index (χ1) is 8.51. The van der Waals surface area contributed by atoms with Crippen molar-refractivity contribution in [3.63, 3.8) is 0 Å². The first-order valence-corrected chi connectivity index (χ1v) is 6.57. The van der Waals surface area contributed by atoms with Crippen LogP contribution in [0.25, 0.3) is 0 Å². The highest BCUT2D eigenvalue weighted by atomic mass is 16.7. The van der Waals surface area contributed by atoms with Crippen LogP contribution in [0.2, 0.25) is 0 Å². The van der Waals surface area contributed by atoms with Crippen molar-refractivity contribution in [3.05, 3.63) is 35.8 Å². The molecular formula is C15H20O3. The van der Waals surface area contributed by atoms with Crippen LogP contribution in [0.4, 0.5) is 0 Å². The highest BCUT2D eigenvalue weighted by molar-refractivity contribution is 5.19. The molecule has 2 aliphatic heterocycles. The number of fused-ring (bicyclic) bond motifs is 2. The molecule has 3 heterocycles. The van der Waals surface area contributed by atoms with E-state index >= 15 is 0 Å². The van der Waals surface area contributed by atoms with Gasteiger partial charge in [-0.15, -0.1) is 0 Å². The molecule has 0 amide bonds. The Labute approximate surface area is 108 Å². The van der Waals surface area contributed by atoms with E-state index in [1.165, 1.54) is 5.57 Å². The van der Waals surface area contributed by atoms with Crippen molar-refractivity contribution in [2.45, 2.75) is 57.5 Å². The summed E-state index contributed by atoms with van der Waals surface area (Å²) in [5, 5.41) is 0. The predicted octanol–water partition coefficient (Wildman–Crippen LogP) is 3.76. The van der Waals surface area contributed by atoms with Crippen LogP contribution in [0.1, 0.15) is 45.6 Å². The third kappa shape index (κ3) is 1.91. The highest BCUT2D eigenvalue weighted by Gasteiger charge is 2.55. The van der Waals surface area contributed by atoms with Crippen LogP contribution in [-0.4, -0.2) is 11.7 Å². The second-order valence-electron chi connectivity index (χ2n) is 5.92. The zero-order valence-electron chi connectivity index (χ0n) is 11.2. The van der Waals surface area contributed by atoms with E-state index in [1.54, 1.807) is 12.5 Å². The lowest BCUT2D eigenvalue weighted by molar-refractivity contribution is -0.311. The molecule has 0 N–H and O–H groups in total. The Morgan fingerprint density at radius 3 is 2.89 bits per heavy atom. The average molecular weight is 248 g/mol. The summed E-state index contributed by atoms with van der Waals surface area (Å²) >= 11 is 0. The lowest BCUT2D eigenvalue weighted by Crippen LogP contribution is -2.44. The van der Waals surface area contributed by atoms with Gasteiger partial charge in [0.15, 0.2) is 5.79 Å². The van der Waals surface area contributed by atoms with Gasteiger partial charge in [-0.3, -0.25) is 0 Å². The third-order valence-electron chi connectivity index (χ3n) is 3.85. The Balaban J connectivity index is 1.94. The number of furan rings is 1. The predicted molar refractivity (Wildman–Crippen MR) is 68.0 cm³/mol. The van der Waals surface area contributed by atoms with Crippen LogP contribution in [0, 0.1) is 0 Å². The summed E-state index contributed by atoms with van der Waals surface area (Å²) < 4.78 is 17.6. The van der Waals surface area contributed by atoms with Crippen LogP contribution >= 0.6 is 0 Å². The standard InChI is InChI=1S/C15H20O3/c1-11(2)8-13-9-14(3)5-6-15(17-13,18-14)12-4-7-16-10-12/h4,7-8,10,13H,5-6,9H2,1-3H3/t13-,14+,15+/m1/s1. The molecular weight excluding hydrogens is 228 g/mol. The molecule has 1 aromatic heterocycles. The van der Waals surface area contributed by atoms with E-state index in [0.29, 0.717) is 0 Å². The molecule has 0 saturated carbocycles. The van der Waals surface area contributed by atoms with Crippen molar-refractivity contribution in [2.75, 3.05) is 0 Å². The molecule has 2 aliphatic rings. The smallest absolute Gasteiger partial charge is 0.199 e. The van der Waals surface area contributed by atoms with E-state index in [4.69, 9.17) is 13.9 Å². The van der Waals surface area contributed by atoms with Gasteiger partial charge in [0.2, 0.25) is 0 Å². The van der Waals surface area contributed by atoms with Crippen LogP contribution in [-0.2, 0) is 15.3 Å². The fourth-order valence-corrected chi connectivity index (χ4v) is 3.08. The quantitative estimate of drug-likeness (QED) is 0.747. The molecule has 0 aliphatic carbocycles. The number of ether oxygens (including phenoxy) is 2.